The minimum Gasteiger partial charge on any atom is -0.353 e. The SMILES string of the molecule is CC1CCC(NC(=O)CSc2n[nH]c(-c3ccncc3)n2)C1. The van der Waals surface area contributed by atoms with Gasteiger partial charge in [0.25, 0.3) is 0 Å². The minimum absolute atomic E-state index is 0.0550. The summed E-state index contributed by atoms with van der Waals surface area (Å²) in [7, 11) is 0. The van der Waals surface area contributed by atoms with Gasteiger partial charge in [0.1, 0.15) is 0 Å². The third-order valence-electron chi connectivity index (χ3n) is 3.81. The summed E-state index contributed by atoms with van der Waals surface area (Å²) < 4.78 is 0. The van der Waals surface area contributed by atoms with Crippen LogP contribution in [0.25, 0.3) is 11.4 Å². The number of H-pyrrole nitrogens is 1. The van der Waals surface area contributed by atoms with Crippen LogP contribution in [0, 0.1) is 5.92 Å². The van der Waals surface area contributed by atoms with Gasteiger partial charge in [0.15, 0.2) is 5.82 Å². The average molecular weight is 317 g/mol. The maximum absolute atomic E-state index is 11.9. The van der Waals surface area contributed by atoms with Crippen molar-refractivity contribution in [3.8, 4) is 11.4 Å². The number of carbonyl (C=O) groups excluding carboxylic acids is 1. The molecule has 0 bridgehead atoms. The van der Waals surface area contributed by atoms with Crippen LogP contribution in [0.4, 0.5) is 0 Å². The van der Waals surface area contributed by atoms with Gasteiger partial charge in [0.05, 0.1) is 5.75 Å². The smallest absolute Gasteiger partial charge is 0.230 e. The largest absolute Gasteiger partial charge is 0.353 e. The molecule has 6 nitrogen and oxygen atoms in total. The Bertz CT molecular complexity index is 630. The van der Waals surface area contributed by atoms with E-state index in [9.17, 15) is 4.79 Å². The van der Waals surface area contributed by atoms with E-state index in [0.717, 1.165) is 18.4 Å². The van der Waals surface area contributed by atoms with Crippen molar-refractivity contribution in [2.24, 2.45) is 5.92 Å². The fourth-order valence-electron chi connectivity index (χ4n) is 2.69. The molecule has 22 heavy (non-hydrogen) atoms. The first-order chi connectivity index (χ1) is 10.7. The predicted octanol–water partition coefficient (Wildman–Crippen LogP) is 2.26. The highest BCUT2D eigenvalue weighted by Crippen LogP contribution is 2.25. The highest BCUT2D eigenvalue weighted by Gasteiger charge is 2.22. The fraction of sp³-hybridized carbons (Fsp3) is 0.467. The van der Waals surface area contributed by atoms with Crippen LogP contribution < -0.4 is 5.32 Å². The standard InChI is InChI=1S/C15H19N5OS/c1-10-2-3-12(8-10)17-13(21)9-22-15-18-14(19-20-15)11-4-6-16-7-5-11/h4-7,10,12H,2-3,8-9H2,1H3,(H,17,21)(H,18,19,20). The first kappa shape index (κ1) is 15.0. The molecular weight excluding hydrogens is 298 g/mol. The topological polar surface area (TPSA) is 83.6 Å². The Labute approximate surface area is 133 Å². The van der Waals surface area contributed by atoms with E-state index < -0.39 is 0 Å². The number of nitrogens with zero attached hydrogens (tertiary/aromatic N) is 3. The van der Waals surface area contributed by atoms with E-state index in [1.165, 1.54) is 18.2 Å². The van der Waals surface area contributed by atoms with Gasteiger partial charge in [0, 0.05) is 24.0 Å². The Morgan fingerprint density at radius 2 is 2.23 bits per heavy atom. The van der Waals surface area contributed by atoms with Crippen molar-refractivity contribution < 1.29 is 4.79 Å². The molecule has 116 valence electrons. The zero-order valence-corrected chi connectivity index (χ0v) is 13.3. The summed E-state index contributed by atoms with van der Waals surface area (Å²) >= 11 is 1.35. The van der Waals surface area contributed by atoms with Crippen LogP contribution in [0.2, 0.25) is 0 Å². The molecule has 0 spiro atoms. The Kier molecular flexibility index (Phi) is 4.72. The lowest BCUT2D eigenvalue weighted by Crippen LogP contribution is -2.34. The quantitative estimate of drug-likeness (QED) is 0.827. The van der Waals surface area contributed by atoms with Crippen molar-refractivity contribution in [1.29, 1.82) is 0 Å². The van der Waals surface area contributed by atoms with Gasteiger partial charge in [0.2, 0.25) is 11.1 Å². The van der Waals surface area contributed by atoms with Crippen LogP contribution in [0.3, 0.4) is 0 Å². The number of pyridine rings is 1. The molecule has 1 amide bonds. The molecule has 2 N–H and O–H groups in total. The molecule has 3 rings (SSSR count). The maximum Gasteiger partial charge on any atom is 0.230 e. The van der Waals surface area contributed by atoms with Gasteiger partial charge in [-0.2, -0.15) is 0 Å². The van der Waals surface area contributed by atoms with Gasteiger partial charge in [-0.05, 0) is 37.3 Å². The number of hydrogen-bond donors (Lipinski definition) is 2. The van der Waals surface area contributed by atoms with Crippen LogP contribution in [0.15, 0.2) is 29.7 Å². The number of carbonyl (C=O) groups is 1. The highest BCUT2D eigenvalue weighted by molar-refractivity contribution is 7.99. The molecule has 1 fully saturated rings. The molecule has 7 heteroatoms. The lowest BCUT2D eigenvalue weighted by molar-refractivity contribution is -0.119. The van der Waals surface area contributed by atoms with Crippen molar-refractivity contribution in [1.82, 2.24) is 25.5 Å². The van der Waals surface area contributed by atoms with E-state index in [2.05, 4.69) is 32.4 Å². The van der Waals surface area contributed by atoms with Crippen LogP contribution in [0.5, 0.6) is 0 Å². The van der Waals surface area contributed by atoms with E-state index >= 15 is 0 Å². The molecule has 0 radical (unpaired) electrons. The number of aromatic amines is 1. The van der Waals surface area contributed by atoms with E-state index in [1.807, 2.05) is 12.1 Å². The number of amides is 1. The average Bonchev–Trinajstić information content (AvgIpc) is 3.15. The Morgan fingerprint density at radius 1 is 1.41 bits per heavy atom. The van der Waals surface area contributed by atoms with Crippen LogP contribution >= 0.6 is 11.8 Å². The van der Waals surface area contributed by atoms with Gasteiger partial charge in [-0.15, -0.1) is 5.10 Å². The number of hydrogen-bond acceptors (Lipinski definition) is 5. The molecule has 2 aromatic rings. The van der Waals surface area contributed by atoms with E-state index in [1.54, 1.807) is 12.4 Å². The number of aromatic nitrogens is 4. The molecule has 2 atom stereocenters. The third-order valence-corrected chi connectivity index (χ3v) is 4.66. The number of nitrogens with one attached hydrogen (secondary N) is 2. The monoisotopic (exact) mass is 317 g/mol. The molecule has 2 aromatic heterocycles. The summed E-state index contributed by atoms with van der Waals surface area (Å²) in [5, 5.41) is 10.7. The van der Waals surface area contributed by atoms with Gasteiger partial charge in [-0.1, -0.05) is 18.7 Å². The molecule has 2 heterocycles. The molecular formula is C15H19N5OS. The van der Waals surface area contributed by atoms with Crippen LogP contribution in [0.1, 0.15) is 26.2 Å². The molecule has 0 saturated heterocycles. The van der Waals surface area contributed by atoms with Gasteiger partial charge in [-0.25, -0.2) is 4.98 Å². The fourth-order valence-corrected chi connectivity index (χ4v) is 3.30. The molecule has 1 saturated carbocycles. The van der Waals surface area contributed by atoms with Crippen molar-refractivity contribution in [3.05, 3.63) is 24.5 Å². The van der Waals surface area contributed by atoms with Crippen molar-refractivity contribution >= 4 is 17.7 Å². The summed E-state index contributed by atoms with van der Waals surface area (Å²) in [6.45, 7) is 2.23. The lowest BCUT2D eigenvalue weighted by Gasteiger charge is -2.11. The zero-order valence-electron chi connectivity index (χ0n) is 12.5. The van der Waals surface area contributed by atoms with Crippen LogP contribution in [-0.2, 0) is 4.79 Å². The summed E-state index contributed by atoms with van der Waals surface area (Å²) in [5.41, 5.74) is 0.929. The normalized spacial score (nSPS) is 21.0. The molecule has 0 aliphatic heterocycles. The summed E-state index contributed by atoms with van der Waals surface area (Å²) in [6.07, 6.45) is 6.80. The molecule has 1 aliphatic carbocycles. The first-order valence-corrected chi connectivity index (χ1v) is 8.44. The predicted molar refractivity (Wildman–Crippen MR) is 85.3 cm³/mol. The number of rotatable bonds is 5. The van der Waals surface area contributed by atoms with Gasteiger partial charge < -0.3 is 5.32 Å². The Morgan fingerprint density at radius 3 is 2.95 bits per heavy atom. The number of thioether (sulfide) groups is 1. The highest BCUT2D eigenvalue weighted by atomic mass is 32.2. The molecule has 0 aromatic carbocycles. The van der Waals surface area contributed by atoms with Crippen LogP contribution in [-0.4, -0.2) is 37.9 Å². The zero-order chi connectivity index (χ0) is 15.4. The Balaban J connectivity index is 1.50. The molecule has 1 aliphatic rings. The second kappa shape index (κ2) is 6.91. The van der Waals surface area contributed by atoms with Gasteiger partial charge >= 0.3 is 0 Å². The van der Waals surface area contributed by atoms with Crippen molar-refractivity contribution in [2.45, 2.75) is 37.4 Å². The van der Waals surface area contributed by atoms with Crippen molar-refractivity contribution in [2.75, 3.05) is 5.75 Å². The summed E-state index contributed by atoms with van der Waals surface area (Å²) in [5.74, 6) is 1.81. The minimum atomic E-state index is 0.0550. The second-order valence-corrected chi connectivity index (χ2v) is 6.62. The van der Waals surface area contributed by atoms with E-state index in [0.29, 0.717) is 28.7 Å². The molecule has 2 unspecified atom stereocenters. The summed E-state index contributed by atoms with van der Waals surface area (Å²) in [4.78, 5) is 20.3. The second-order valence-electron chi connectivity index (χ2n) is 5.67. The van der Waals surface area contributed by atoms with E-state index in [4.69, 9.17) is 0 Å². The lowest BCUT2D eigenvalue weighted by atomic mass is 10.1. The first-order valence-electron chi connectivity index (χ1n) is 7.45. The third kappa shape index (κ3) is 3.85. The van der Waals surface area contributed by atoms with Crippen molar-refractivity contribution in [3.63, 3.8) is 0 Å². The van der Waals surface area contributed by atoms with E-state index in [-0.39, 0.29) is 5.91 Å². The maximum atomic E-state index is 11.9. The van der Waals surface area contributed by atoms with Gasteiger partial charge in [-0.3, -0.25) is 14.9 Å². The summed E-state index contributed by atoms with van der Waals surface area (Å²) in [6, 6.07) is 4.06. The Hall–Kier alpha value is -1.89.